The summed E-state index contributed by atoms with van der Waals surface area (Å²) in [5.74, 6) is 0.850. The van der Waals surface area contributed by atoms with E-state index in [4.69, 9.17) is 9.84 Å². The Hall–Kier alpha value is -2.14. The van der Waals surface area contributed by atoms with Gasteiger partial charge in [0.05, 0.1) is 19.3 Å². The maximum absolute atomic E-state index is 5.26. The van der Waals surface area contributed by atoms with Crippen LogP contribution in [-0.2, 0) is 0 Å². The lowest BCUT2D eigenvalue weighted by Gasteiger charge is -2.08. The zero-order valence-electron chi connectivity index (χ0n) is 15.4. The van der Waals surface area contributed by atoms with Crippen LogP contribution in [-0.4, -0.2) is 24.0 Å². The number of nitrogens with zero attached hydrogens (tertiary/aromatic N) is 3. The Kier molecular flexibility index (Phi) is 7.67. The van der Waals surface area contributed by atoms with Crippen molar-refractivity contribution in [3.05, 3.63) is 47.1 Å². The Morgan fingerprint density at radius 3 is 2.44 bits per heavy atom. The number of thiazole rings is 1. The summed E-state index contributed by atoms with van der Waals surface area (Å²) in [6, 6.07) is 8.06. The summed E-state index contributed by atoms with van der Waals surface area (Å²) in [6.07, 6.45) is 6.03. The summed E-state index contributed by atoms with van der Waals surface area (Å²) >= 11 is 1.61. The Morgan fingerprint density at radius 2 is 1.88 bits per heavy atom. The number of rotatable bonds is 9. The predicted molar refractivity (Wildman–Crippen MR) is 108 cm³/mol. The summed E-state index contributed by atoms with van der Waals surface area (Å²) < 4.78 is 7.24. The molecule has 0 radical (unpaired) electrons. The van der Waals surface area contributed by atoms with Gasteiger partial charge in [-0.3, -0.25) is 4.99 Å². The molecule has 0 aliphatic carbocycles. The first-order chi connectivity index (χ1) is 12.2. The highest BCUT2D eigenvalue weighted by molar-refractivity contribution is 7.07. The van der Waals surface area contributed by atoms with Gasteiger partial charge in [-0.2, -0.15) is 5.10 Å². The molecule has 134 valence electrons. The fourth-order valence-corrected chi connectivity index (χ4v) is 3.39. The molecule has 4 nitrogen and oxygen atoms in total. The first kappa shape index (κ1) is 19.2. The Bertz CT molecular complexity index is 761. The van der Waals surface area contributed by atoms with Gasteiger partial charge in [-0.1, -0.05) is 32.8 Å². The smallest absolute Gasteiger partial charge is 0.206 e. The minimum Gasteiger partial charge on any atom is -0.497 e. The van der Waals surface area contributed by atoms with Gasteiger partial charge in [0.15, 0.2) is 0 Å². The minimum absolute atomic E-state index is 0.592. The molecule has 0 fully saturated rings. The first-order valence-corrected chi connectivity index (χ1v) is 9.64. The summed E-state index contributed by atoms with van der Waals surface area (Å²) in [5.41, 5.74) is 3.38. The van der Waals surface area contributed by atoms with Crippen molar-refractivity contribution >= 4 is 17.0 Å². The fourth-order valence-electron chi connectivity index (χ4n) is 2.55. The van der Waals surface area contributed by atoms with Crippen LogP contribution in [0.1, 0.15) is 39.5 Å². The zero-order valence-corrected chi connectivity index (χ0v) is 16.2. The highest BCUT2D eigenvalue weighted by atomic mass is 32.1. The van der Waals surface area contributed by atoms with Gasteiger partial charge in [0.2, 0.25) is 4.80 Å². The summed E-state index contributed by atoms with van der Waals surface area (Å²) in [7, 11) is 1.68. The summed E-state index contributed by atoms with van der Waals surface area (Å²) in [4.78, 5) is 5.51. The van der Waals surface area contributed by atoms with Gasteiger partial charge in [-0.15, -0.1) is 17.9 Å². The van der Waals surface area contributed by atoms with Crippen molar-refractivity contribution in [2.45, 2.75) is 39.5 Å². The van der Waals surface area contributed by atoms with Crippen molar-refractivity contribution in [3.8, 4) is 17.0 Å². The van der Waals surface area contributed by atoms with Gasteiger partial charge in [-0.25, -0.2) is 4.68 Å². The highest BCUT2D eigenvalue weighted by Crippen LogP contribution is 2.23. The average molecular weight is 358 g/mol. The van der Waals surface area contributed by atoms with E-state index in [9.17, 15) is 0 Å². The van der Waals surface area contributed by atoms with Gasteiger partial charge in [0.1, 0.15) is 5.75 Å². The molecule has 0 saturated heterocycles. The van der Waals surface area contributed by atoms with E-state index in [0.717, 1.165) is 47.5 Å². The SMILES string of the molecule is C=CCN=c1scc(-c2ccc(OC)cc2)n1N=C(CCC)CCC. The van der Waals surface area contributed by atoms with E-state index in [-0.39, 0.29) is 0 Å². The van der Waals surface area contributed by atoms with Crippen LogP contribution in [0.15, 0.2) is 52.4 Å². The number of benzene rings is 1. The van der Waals surface area contributed by atoms with Crippen LogP contribution in [0.25, 0.3) is 11.3 Å². The van der Waals surface area contributed by atoms with Gasteiger partial charge >= 0.3 is 0 Å². The quantitative estimate of drug-likeness (QED) is 0.454. The topological polar surface area (TPSA) is 38.9 Å². The summed E-state index contributed by atoms with van der Waals surface area (Å²) in [5, 5.41) is 7.07. The second kappa shape index (κ2) is 9.99. The van der Waals surface area contributed by atoms with E-state index in [1.807, 2.05) is 16.8 Å². The lowest BCUT2D eigenvalue weighted by Crippen LogP contribution is -2.15. The van der Waals surface area contributed by atoms with Gasteiger partial charge in [0, 0.05) is 16.7 Å². The molecular weight excluding hydrogens is 330 g/mol. The highest BCUT2D eigenvalue weighted by Gasteiger charge is 2.09. The molecule has 2 rings (SSSR count). The Morgan fingerprint density at radius 1 is 1.20 bits per heavy atom. The number of hydrogen-bond acceptors (Lipinski definition) is 4. The molecule has 1 aromatic heterocycles. The molecule has 0 atom stereocenters. The van der Waals surface area contributed by atoms with Crippen molar-refractivity contribution in [2.75, 3.05) is 13.7 Å². The molecule has 0 aliphatic heterocycles. The van der Waals surface area contributed by atoms with Crippen molar-refractivity contribution in [2.24, 2.45) is 10.1 Å². The molecule has 2 aromatic rings. The molecule has 0 unspecified atom stereocenters. The molecule has 0 N–H and O–H groups in total. The Balaban J connectivity index is 2.54. The minimum atomic E-state index is 0.592. The third-order valence-corrected chi connectivity index (χ3v) is 4.60. The van der Waals surface area contributed by atoms with Gasteiger partial charge in [-0.05, 0) is 37.1 Å². The predicted octanol–water partition coefficient (Wildman–Crippen LogP) is 5.12. The molecule has 0 amide bonds. The van der Waals surface area contributed by atoms with Crippen molar-refractivity contribution in [1.29, 1.82) is 0 Å². The van der Waals surface area contributed by atoms with E-state index < -0.39 is 0 Å². The van der Waals surface area contributed by atoms with Crippen molar-refractivity contribution < 1.29 is 4.74 Å². The standard InChI is InChI=1S/C20H27N3OS/c1-5-8-17(9-6-2)22-23-19(15-25-20(23)21-14-7-3)16-10-12-18(24-4)13-11-16/h7,10-13,15H,3,5-6,8-9,14H2,1-2,4H3. The van der Waals surface area contributed by atoms with Crippen molar-refractivity contribution in [3.63, 3.8) is 0 Å². The fraction of sp³-hybridized carbons (Fsp3) is 0.400. The lowest BCUT2D eigenvalue weighted by atomic mass is 10.1. The third kappa shape index (κ3) is 5.16. The molecule has 0 saturated carbocycles. The van der Waals surface area contributed by atoms with E-state index in [1.54, 1.807) is 24.5 Å². The van der Waals surface area contributed by atoms with Gasteiger partial charge < -0.3 is 4.74 Å². The van der Waals surface area contributed by atoms with Gasteiger partial charge in [0.25, 0.3) is 0 Å². The number of methoxy groups -OCH3 is 1. The van der Waals surface area contributed by atoms with Crippen LogP contribution in [0.5, 0.6) is 5.75 Å². The van der Waals surface area contributed by atoms with Crippen LogP contribution in [0, 0.1) is 0 Å². The Labute approximate surface area is 154 Å². The molecule has 1 aromatic carbocycles. The molecule has 0 bridgehead atoms. The number of hydrogen-bond donors (Lipinski definition) is 0. The normalized spacial score (nSPS) is 11.4. The van der Waals surface area contributed by atoms with E-state index in [0.29, 0.717) is 6.54 Å². The average Bonchev–Trinajstić information content (AvgIpc) is 3.03. The number of aromatic nitrogens is 1. The van der Waals surface area contributed by atoms with Crippen LogP contribution >= 0.6 is 11.3 Å². The molecular formula is C20H27N3OS. The van der Waals surface area contributed by atoms with Crippen molar-refractivity contribution in [1.82, 2.24) is 4.68 Å². The lowest BCUT2D eigenvalue weighted by molar-refractivity contribution is 0.415. The largest absolute Gasteiger partial charge is 0.497 e. The van der Waals surface area contributed by atoms with E-state index >= 15 is 0 Å². The monoisotopic (exact) mass is 357 g/mol. The second-order valence-electron chi connectivity index (χ2n) is 5.74. The van der Waals surface area contributed by atoms with Crippen LogP contribution < -0.4 is 9.54 Å². The second-order valence-corrected chi connectivity index (χ2v) is 6.58. The maximum Gasteiger partial charge on any atom is 0.206 e. The molecule has 1 heterocycles. The third-order valence-electron chi connectivity index (χ3n) is 3.75. The zero-order chi connectivity index (χ0) is 18.1. The summed E-state index contributed by atoms with van der Waals surface area (Å²) in [6.45, 7) is 8.74. The molecule has 25 heavy (non-hydrogen) atoms. The molecule has 0 aliphatic rings. The first-order valence-electron chi connectivity index (χ1n) is 8.76. The maximum atomic E-state index is 5.26. The van der Waals surface area contributed by atoms with Crippen LogP contribution in [0.4, 0.5) is 0 Å². The molecule has 0 spiro atoms. The molecule has 5 heteroatoms. The van der Waals surface area contributed by atoms with E-state index in [2.05, 4.69) is 42.9 Å². The number of ether oxygens (including phenoxy) is 1. The van der Waals surface area contributed by atoms with Crippen LogP contribution in [0.2, 0.25) is 0 Å². The van der Waals surface area contributed by atoms with E-state index in [1.165, 1.54) is 5.71 Å². The van der Waals surface area contributed by atoms with Crippen LogP contribution in [0.3, 0.4) is 0 Å².